The number of ether oxygens (including phenoxy) is 1. The molecule has 4 nitrogen and oxygen atoms in total. The number of benzene rings is 1. The summed E-state index contributed by atoms with van der Waals surface area (Å²) in [5.41, 5.74) is -4.35. The quantitative estimate of drug-likeness (QED) is 0.133. The van der Waals surface area contributed by atoms with E-state index in [2.05, 4.69) is 0 Å². The maximum atomic E-state index is 15.2. The molecule has 37 heavy (non-hydrogen) atoms. The zero-order valence-electron chi connectivity index (χ0n) is 20.6. The Morgan fingerprint density at radius 1 is 1.08 bits per heavy atom. The molecule has 208 valence electrons. The Labute approximate surface area is 217 Å². The van der Waals surface area contributed by atoms with E-state index in [0.29, 0.717) is 12.5 Å². The molecule has 2 aromatic rings. The van der Waals surface area contributed by atoms with Crippen molar-refractivity contribution in [1.29, 1.82) is 0 Å². The van der Waals surface area contributed by atoms with Crippen LogP contribution >= 0.6 is 11.3 Å². The monoisotopic (exact) mass is 575 g/mol. The van der Waals surface area contributed by atoms with Gasteiger partial charge < -0.3 is 9.29 Å². The first-order valence-electron chi connectivity index (χ1n) is 11.3. The number of carbonyl (C=O) groups excluding carboxylic acids is 1. The number of thiophene rings is 1. The van der Waals surface area contributed by atoms with Gasteiger partial charge in [0.1, 0.15) is 16.3 Å². The van der Waals surface area contributed by atoms with E-state index in [-0.39, 0.29) is 10.6 Å². The Kier molecular flexibility index (Phi) is 10.1. The summed E-state index contributed by atoms with van der Waals surface area (Å²) in [6, 6.07) is 5.32. The Morgan fingerprint density at radius 3 is 2.22 bits per heavy atom. The molecule has 0 aliphatic rings. The molecule has 0 spiro atoms. The predicted octanol–water partition coefficient (Wildman–Crippen LogP) is 7.25. The van der Waals surface area contributed by atoms with Crippen molar-refractivity contribution < 1.29 is 44.8 Å². The van der Waals surface area contributed by atoms with Gasteiger partial charge in [0.2, 0.25) is 0 Å². The van der Waals surface area contributed by atoms with E-state index in [1.54, 1.807) is 6.07 Å². The van der Waals surface area contributed by atoms with Gasteiger partial charge in [-0.25, -0.2) is 4.39 Å². The Morgan fingerprint density at radius 2 is 1.73 bits per heavy atom. The number of ketones is 1. The predicted molar refractivity (Wildman–Crippen MR) is 129 cm³/mol. The van der Waals surface area contributed by atoms with Crippen LogP contribution in [0.15, 0.2) is 30.3 Å². The lowest BCUT2D eigenvalue weighted by Gasteiger charge is -2.38. The van der Waals surface area contributed by atoms with E-state index < -0.39 is 77.0 Å². The molecule has 2 rings (SSSR count). The van der Waals surface area contributed by atoms with Crippen LogP contribution in [-0.4, -0.2) is 34.0 Å². The van der Waals surface area contributed by atoms with Crippen LogP contribution in [-0.2, 0) is 23.3 Å². The van der Waals surface area contributed by atoms with Gasteiger partial charge in [-0.05, 0) is 51.8 Å². The van der Waals surface area contributed by atoms with Gasteiger partial charge >= 0.3 is 12.4 Å². The van der Waals surface area contributed by atoms with Crippen molar-refractivity contribution in [2.75, 3.05) is 6.61 Å². The molecule has 0 aliphatic heterocycles. The third-order valence-corrected chi connectivity index (χ3v) is 8.21. The second-order valence-corrected chi connectivity index (χ2v) is 12.4. The van der Waals surface area contributed by atoms with E-state index >= 15 is 4.39 Å². The Hall–Kier alpha value is -1.83. The van der Waals surface area contributed by atoms with Crippen molar-refractivity contribution in [2.24, 2.45) is 0 Å². The van der Waals surface area contributed by atoms with Crippen molar-refractivity contribution in [3.8, 4) is 5.75 Å². The second-order valence-electron chi connectivity index (χ2n) is 9.31. The molecule has 0 bridgehead atoms. The van der Waals surface area contributed by atoms with Gasteiger partial charge in [-0.1, -0.05) is 13.0 Å². The summed E-state index contributed by atoms with van der Waals surface area (Å²) in [6.45, 7) is 5.63. The molecular weight excluding hydrogens is 547 g/mol. The summed E-state index contributed by atoms with van der Waals surface area (Å²) in [5, 5.41) is 0. The molecule has 1 N–H and O–H groups in total. The zero-order valence-corrected chi connectivity index (χ0v) is 22.2. The number of carbonyl (C=O) groups is 1. The topological polar surface area (TPSA) is 61.4 Å². The molecule has 0 saturated carbocycles. The number of alkyl halides is 6. The minimum absolute atomic E-state index is 0.0406. The fraction of sp³-hybridized carbons (Fsp3) is 0.542. The SMILES string of the molecule is CCc1ccc(C(=O)C[C@](N[S+]([O-])C(C)(C)C)(c2ccc(OCCCC(F)(F)F)cc2F)C(F)(F)F)s1. The van der Waals surface area contributed by atoms with Crippen LogP contribution < -0.4 is 9.46 Å². The van der Waals surface area contributed by atoms with E-state index in [9.17, 15) is 35.7 Å². The second kappa shape index (κ2) is 11.9. The lowest BCUT2D eigenvalue weighted by atomic mass is 9.84. The number of hydrogen-bond donors (Lipinski definition) is 1. The van der Waals surface area contributed by atoms with Gasteiger partial charge in [-0.15, -0.1) is 16.1 Å². The van der Waals surface area contributed by atoms with Crippen LogP contribution in [0.2, 0.25) is 0 Å². The average molecular weight is 576 g/mol. The molecular formula is C24H28F7NO3S2. The Bertz CT molecular complexity index is 1060. The van der Waals surface area contributed by atoms with Gasteiger partial charge in [0.25, 0.3) is 0 Å². The summed E-state index contributed by atoms with van der Waals surface area (Å²) in [4.78, 5) is 13.8. The number of halogens is 7. The van der Waals surface area contributed by atoms with Crippen LogP contribution in [0.4, 0.5) is 30.7 Å². The summed E-state index contributed by atoms with van der Waals surface area (Å²) in [7, 11) is 0. The van der Waals surface area contributed by atoms with Crippen LogP contribution in [0, 0.1) is 5.82 Å². The van der Waals surface area contributed by atoms with Gasteiger partial charge in [-0.2, -0.15) is 26.3 Å². The molecule has 0 saturated heterocycles. The zero-order chi connectivity index (χ0) is 28.2. The number of hydrogen-bond acceptors (Lipinski definition) is 5. The first kappa shape index (κ1) is 31.4. The number of nitrogens with one attached hydrogen (secondary N) is 1. The smallest absolute Gasteiger partial charge is 0.415 e. The molecule has 1 heterocycles. The molecule has 0 fully saturated rings. The van der Waals surface area contributed by atoms with Gasteiger partial charge in [0, 0.05) is 40.7 Å². The van der Waals surface area contributed by atoms with Gasteiger partial charge in [-0.3, -0.25) is 4.79 Å². The highest BCUT2D eigenvalue weighted by Crippen LogP contribution is 2.45. The maximum Gasteiger partial charge on any atom is 0.415 e. The van der Waals surface area contributed by atoms with Crippen molar-refractivity contribution >= 4 is 28.5 Å². The molecule has 0 radical (unpaired) electrons. The lowest BCUT2D eigenvalue weighted by molar-refractivity contribution is -0.194. The standard InChI is InChI=1S/C24H28F7NO3S2/c1-5-16-8-10-20(36-16)19(33)14-22(24(29,30)31,32-37(34)21(2,3)4)17-9-7-15(13-18(17)25)35-12-6-11-23(26,27)28/h7-10,13,32H,5-6,11-12,14H2,1-4H3/t22-,37?/m0/s1. The lowest BCUT2D eigenvalue weighted by Crippen LogP contribution is -2.60. The number of Topliss-reactive ketones (excluding diaryl/α,β-unsaturated/α-hetero) is 1. The highest BCUT2D eigenvalue weighted by molar-refractivity contribution is 7.90. The highest BCUT2D eigenvalue weighted by atomic mass is 32.2. The summed E-state index contributed by atoms with van der Waals surface area (Å²) < 4.78 is 115. The van der Waals surface area contributed by atoms with Crippen LogP contribution in [0.5, 0.6) is 5.75 Å². The average Bonchev–Trinajstić information content (AvgIpc) is 3.24. The fourth-order valence-corrected chi connectivity index (χ4v) is 5.05. The number of aryl methyl sites for hydroxylation is 1. The normalized spacial score (nSPS) is 15.4. The van der Waals surface area contributed by atoms with E-state index in [0.717, 1.165) is 28.3 Å². The van der Waals surface area contributed by atoms with Gasteiger partial charge in [0.15, 0.2) is 11.3 Å². The highest BCUT2D eigenvalue weighted by Gasteiger charge is 2.62. The molecule has 13 heteroatoms. The molecule has 0 amide bonds. The largest absolute Gasteiger partial charge is 0.598 e. The van der Waals surface area contributed by atoms with Crippen LogP contribution in [0.25, 0.3) is 0 Å². The fourth-order valence-electron chi connectivity index (χ4n) is 3.25. The molecule has 0 aliphatic carbocycles. The third kappa shape index (κ3) is 8.33. The van der Waals surface area contributed by atoms with E-state index in [4.69, 9.17) is 4.74 Å². The third-order valence-electron chi connectivity index (χ3n) is 5.29. The first-order chi connectivity index (χ1) is 16.9. The minimum Gasteiger partial charge on any atom is -0.598 e. The van der Waals surface area contributed by atoms with Crippen LogP contribution in [0.1, 0.15) is 67.1 Å². The Balaban J connectivity index is 2.50. The molecule has 1 unspecified atom stereocenters. The molecule has 1 aromatic carbocycles. The maximum absolute atomic E-state index is 15.2. The van der Waals surface area contributed by atoms with Gasteiger partial charge in [0.05, 0.1) is 11.5 Å². The van der Waals surface area contributed by atoms with E-state index in [1.807, 2.05) is 11.6 Å². The summed E-state index contributed by atoms with van der Waals surface area (Å²) in [5.74, 6) is -2.63. The van der Waals surface area contributed by atoms with Crippen molar-refractivity contribution in [3.63, 3.8) is 0 Å². The van der Waals surface area contributed by atoms with Crippen molar-refractivity contribution in [2.45, 2.75) is 76.0 Å². The van der Waals surface area contributed by atoms with Crippen LogP contribution in [0.3, 0.4) is 0 Å². The van der Waals surface area contributed by atoms with E-state index in [1.165, 1.54) is 26.8 Å². The number of rotatable bonds is 11. The minimum atomic E-state index is -5.27. The summed E-state index contributed by atoms with van der Waals surface area (Å²) >= 11 is -1.36. The molecule has 1 aromatic heterocycles. The first-order valence-corrected chi connectivity index (χ1v) is 13.2. The molecule has 2 atom stereocenters. The summed E-state index contributed by atoms with van der Waals surface area (Å²) in [6.07, 6.45) is -12.0. The van der Waals surface area contributed by atoms with Crippen molar-refractivity contribution in [1.82, 2.24) is 4.72 Å². The van der Waals surface area contributed by atoms with Crippen molar-refractivity contribution in [3.05, 3.63) is 51.5 Å².